The molecule has 0 aliphatic carbocycles. The van der Waals surface area contributed by atoms with Crippen LogP contribution in [0.5, 0.6) is 0 Å². The normalized spacial score (nSPS) is 24.2. The topological polar surface area (TPSA) is 46.9 Å². The van der Waals surface area contributed by atoms with Crippen LogP contribution in [0.1, 0.15) is 43.6 Å². The van der Waals surface area contributed by atoms with Crippen molar-refractivity contribution in [2.45, 2.75) is 39.7 Å². The van der Waals surface area contributed by atoms with Crippen molar-refractivity contribution in [3.05, 3.63) is 16.4 Å². The summed E-state index contributed by atoms with van der Waals surface area (Å²) in [6.07, 6.45) is 4.70. The van der Waals surface area contributed by atoms with Gasteiger partial charge in [0.2, 0.25) is 0 Å². The van der Waals surface area contributed by atoms with Crippen molar-refractivity contribution in [1.82, 2.24) is 15.1 Å². The van der Waals surface area contributed by atoms with Gasteiger partial charge in [-0.25, -0.2) is 0 Å². The molecule has 4 nitrogen and oxygen atoms in total. The van der Waals surface area contributed by atoms with E-state index in [1.54, 1.807) is 6.20 Å². The van der Waals surface area contributed by atoms with E-state index in [-0.39, 0.29) is 11.2 Å². The number of halogens is 1. The van der Waals surface area contributed by atoms with Gasteiger partial charge in [0.25, 0.3) is 0 Å². The Morgan fingerprint density at radius 3 is 3.06 bits per heavy atom. The zero-order valence-corrected chi connectivity index (χ0v) is 12.6. The maximum Gasteiger partial charge on any atom is 0.189 e. The van der Waals surface area contributed by atoms with Crippen LogP contribution < -0.4 is 5.32 Å². The van der Waals surface area contributed by atoms with Crippen molar-refractivity contribution >= 4 is 21.7 Å². The molecule has 0 radical (unpaired) electrons. The predicted octanol–water partition coefficient (Wildman–Crippen LogP) is 2.63. The molecule has 0 spiro atoms. The monoisotopic (exact) mass is 313 g/mol. The smallest absolute Gasteiger partial charge is 0.189 e. The van der Waals surface area contributed by atoms with Gasteiger partial charge >= 0.3 is 0 Å². The number of hydrogen-bond donors (Lipinski definition) is 1. The molecule has 5 heteroatoms. The molecule has 2 heterocycles. The van der Waals surface area contributed by atoms with Gasteiger partial charge in [-0.3, -0.25) is 9.48 Å². The molecule has 18 heavy (non-hydrogen) atoms. The van der Waals surface area contributed by atoms with Crippen molar-refractivity contribution in [2.75, 3.05) is 13.1 Å². The standard InChI is InChI=1S/C13H20BrN3O/c1-3-7-17-11(10(14)8-16-17)12(18)13(2)5-4-6-15-9-13/h8,15H,3-7,9H2,1-2H3. The number of nitrogens with one attached hydrogen (secondary N) is 1. The van der Waals surface area contributed by atoms with Crippen LogP contribution in [-0.4, -0.2) is 28.7 Å². The maximum absolute atomic E-state index is 12.8. The van der Waals surface area contributed by atoms with E-state index in [0.717, 1.165) is 49.1 Å². The lowest BCUT2D eigenvalue weighted by Crippen LogP contribution is -2.44. The summed E-state index contributed by atoms with van der Waals surface area (Å²) in [5, 5.41) is 7.60. The second-order valence-corrected chi connectivity index (χ2v) is 6.09. The predicted molar refractivity (Wildman–Crippen MR) is 74.8 cm³/mol. The van der Waals surface area contributed by atoms with E-state index in [1.807, 2.05) is 4.68 Å². The number of carbonyl (C=O) groups excluding carboxylic acids is 1. The molecule has 0 saturated carbocycles. The zero-order valence-electron chi connectivity index (χ0n) is 11.0. The van der Waals surface area contributed by atoms with Crippen molar-refractivity contribution in [3.63, 3.8) is 0 Å². The summed E-state index contributed by atoms with van der Waals surface area (Å²) in [6.45, 7) is 6.70. The number of aromatic nitrogens is 2. The van der Waals surface area contributed by atoms with Crippen LogP contribution in [0.3, 0.4) is 0 Å². The average molecular weight is 314 g/mol. The molecule has 1 aromatic heterocycles. The zero-order chi connectivity index (χ0) is 13.2. The molecule has 1 unspecified atom stereocenters. The van der Waals surface area contributed by atoms with Crippen LogP contribution in [0, 0.1) is 5.41 Å². The van der Waals surface area contributed by atoms with Crippen LogP contribution in [0.15, 0.2) is 10.7 Å². The molecule has 0 amide bonds. The van der Waals surface area contributed by atoms with E-state index in [1.165, 1.54) is 0 Å². The second-order valence-electron chi connectivity index (χ2n) is 5.23. The summed E-state index contributed by atoms with van der Waals surface area (Å²) < 4.78 is 2.64. The molecule has 1 aromatic rings. The molecule has 1 N–H and O–H groups in total. The highest BCUT2D eigenvalue weighted by Gasteiger charge is 2.37. The van der Waals surface area contributed by atoms with Gasteiger partial charge in [0.1, 0.15) is 5.69 Å². The third kappa shape index (κ3) is 2.52. The molecule has 100 valence electrons. The summed E-state index contributed by atoms with van der Waals surface area (Å²) >= 11 is 3.45. The van der Waals surface area contributed by atoms with Crippen molar-refractivity contribution in [1.29, 1.82) is 0 Å². The Balaban J connectivity index is 2.29. The van der Waals surface area contributed by atoms with Crippen molar-refractivity contribution in [2.24, 2.45) is 5.41 Å². The quantitative estimate of drug-likeness (QED) is 0.869. The fourth-order valence-corrected chi connectivity index (χ4v) is 2.98. The molecule has 0 aromatic carbocycles. The molecule has 2 rings (SSSR count). The van der Waals surface area contributed by atoms with Gasteiger partial charge < -0.3 is 5.32 Å². The molecule has 1 aliphatic rings. The second kappa shape index (κ2) is 5.53. The maximum atomic E-state index is 12.8. The largest absolute Gasteiger partial charge is 0.316 e. The first kappa shape index (κ1) is 13.7. The van der Waals surface area contributed by atoms with Crippen molar-refractivity contribution in [3.8, 4) is 0 Å². The van der Waals surface area contributed by atoms with Crippen LogP contribution in [0.2, 0.25) is 0 Å². The highest BCUT2D eigenvalue weighted by Crippen LogP contribution is 2.32. The third-order valence-corrected chi connectivity index (χ3v) is 4.17. The molecule has 0 bridgehead atoms. The lowest BCUT2D eigenvalue weighted by molar-refractivity contribution is 0.0759. The molecular formula is C13H20BrN3O. The van der Waals surface area contributed by atoms with Gasteiger partial charge in [0.05, 0.1) is 10.7 Å². The molecule has 1 atom stereocenters. The Morgan fingerprint density at radius 1 is 1.67 bits per heavy atom. The lowest BCUT2D eigenvalue weighted by atomic mass is 9.78. The van der Waals surface area contributed by atoms with Gasteiger partial charge in [0.15, 0.2) is 5.78 Å². The number of Topliss-reactive ketones (excluding diaryl/α,β-unsaturated/α-hetero) is 1. The number of rotatable bonds is 4. The Kier molecular flexibility index (Phi) is 4.22. The first-order valence-electron chi connectivity index (χ1n) is 6.55. The molecular weight excluding hydrogens is 294 g/mol. The van der Waals surface area contributed by atoms with E-state index in [9.17, 15) is 4.79 Å². The first-order chi connectivity index (χ1) is 8.58. The Morgan fingerprint density at radius 2 is 2.44 bits per heavy atom. The van der Waals surface area contributed by atoms with Gasteiger partial charge in [0, 0.05) is 18.5 Å². The number of hydrogen-bond acceptors (Lipinski definition) is 3. The van der Waals surface area contributed by atoms with Crippen molar-refractivity contribution < 1.29 is 4.79 Å². The number of ketones is 1. The number of aryl methyl sites for hydroxylation is 1. The minimum absolute atomic E-state index is 0.201. The SMILES string of the molecule is CCCn1ncc(Br)c1C(=O)C1(C)CCCNC1. The minimum atomic E-state index is -0.299. The van der Waals surface area contributed by atoms with E-state index >= 15 is 0 Å². The average Bonchev–Trinajstić information content (AvgIpc) is 2.71. The molecule has 1 aliphatic heterocycles. The highest BCUT2D eigenvalue weighted by atomic mass is 79.9. The summed E-state index contributed by atoms with van der Waals surface area (Å²) in [7, 11) is 0. The van der Waals surface area contributed by atoms with Crippen LogP contribution in [0.4, 0.5) is 0 Å². The van der Waals surface area contributed by atoms with Crippen LogP contribution in [-0.2, 0) is 6.54 Å². The van der Waals surface area contributed by atoms with E-state index in [2.05, 4.69) is 40.2 Å². The molecule has 1 fully saturated rings. The van der Waals surface area contributed by atoms with E-state index in [4.69, 9.17) is 0 Å². The number of piperidine rings is 1. The lowest BCUT2D eigenvalue weighted by Gasteiger charge is -2.32. The Hall–Kier alpha value is -0.680. The van der Waals surface area contributed by atoms with E-state index in [0.29, 0.717) is 0 Å². The third-order valence-electron chi connectivity index (χ3n) is 3.59. The summed E-state index contributed by atoms with van der Waals surface area (Å²) in [4.78, 5) is 12.8. The van der Waals surface area contributed by atoms with Gasteiger partial charge in [-0.2, -0.15) is 5.10 Å². The fourth-order valence-electron chi connectivity index (χ4n) is 2.51. The van der Waals surface area contributed by atoms with Gasteiger partial charge in [-0.05, 0) is 41.7 Å². The Labute approximate surface area is 116 Å². The van der Waals surface area contributed by atoms with Gasteiger partial charge in [-0.1, -0.05) is 13.8 Å². The first-order valence-corrected chi connectivity index (χ1v) is 7.34. The van der Waals surface area contributed by atoms with Crippen LogP contribution >= 0.6 is 15.9 Å². The van der Waals surface area contributed by atoms with Gasteiger partial charge in [-0.15, -0.1) is 0 Å². The van der Waals surface area contributed by atoms with Crippen LogP contribution in [0.25, 0.3) is 0 Å². The summed E-state index contributed by atoms with van der Waals surface area (Å²) in [6, 6.07) is 0. The number of carbonyl (C=O) groups is 1. The fraction of sp³-hybridized carbons (Fsp3) is 0.692. The Bertz CT molecular complexity index is 435. The van der Waals surface area contributed by atoms with E-state index < -0.39 is 0 Å². The minimum Gasteiger partial charge on any atom is -0.316 e. The summed E-state index contributed by atoms with van der Waals surface area (Å²) in [5.74, 6) is 0.201. The number of nitrogens with zero attached hydrogens (tertiary/aromatic N) is 2. The highest BCUT2D eigenvalue weighted by molar-refractivity contribution is 9.10. The summed E-state index contributed by atoms with van der Waals surface area (Å²) in [5.41, 5.74) is 0.426. The molecule has 1 saturated heterocycles.